The van der Waals surface area contributed by atoms with Gasteiger partial charge in [0.05, 0.1) is 21.7 Å². The Hall–Kier alpha value is -4.04. The lowest BCUT2D eigenvalue weighted by Gasteiger charge is -2.07. The number of nitro groups is 1. The third-order valence-electron chi connectivity index (χ3n) is 3.98. The Morgan fingerprint density at radius 3 is 2.40 bits per heavy atom. The summed E-state index contributed by atoms with van der Waals surface area (Å²) in [6.07, 6.45) is 1.31. The van der Waals surface area contributed by atoms with Gasteiger partial charge >= 0.3 is 0 Å². The lowest BCUT2D eigenvalue weighted by atomic mass is 10.1. The fourth-order valence-electron chi connectivity index (χ4n) is 2.50. The van der Waals surface area contributed by atoms with E-state index >= 15 is 0 Å². The summed E-state index contributed by atoms with van der Waals surface area (Å²) in [5.74, 6) is -0.833. The molecule has 2 amide bonds. The Kier molecular flexibility index (Phi) is 6.51. The van der Waals surface area contributed by atoms with Gasteiger partial charge in [-0.1, -0.05) is 35.9 Å². The number of carbonyl (C=O) groups excluding carboxylic acids is 2. The number of hydrogen-bond acceptors (Lipinski definition) is 5. The second kappa shape index (κ2) is 9.44. The molecular weight excluding hydrogens is 408 g/mol. The molecule has 8 nitrogen and oxygen atoms in total. The molecule has 0 radical (unpaired) electrons. The molecule has 0 atom stereocenters. The smallest absolute Gasteiger partial charge is 0.271 e. The molecule has 0 heterocycles. The fraction of sp³-hybridized carbons (Fsp3) is 0. The number of nitrogens with zero attached hydrogens (tertiary/aromatic N) is 2. The van der Waals surface area contributed by atoms with E-state index in [1.807, 2.05) is 0 Å². The van der Waals surface area contributed by atoms with Gasteiger partial charge in [0.25, 0.3) is 17.5 Å². The zero-order valence-electron chi connectivity index (χ0n) is 15.4. The first-order valence-corrected chi connectivity index (χ1v) is 9.05. The zero-order chi connectivity index (χ0) is 21.5. The van der Waals surface area contributed by atoms with Crippen LogP contribution in [0.5, 0.6) is 0 Å². The van der Waals surface area contributed by atoms with E-state index in [0.29, 0.717) is 27.4 Å². The van der Waals surface area contributed by atoms with Crippen molar-refractivity contribution in [1.82, 2.24) is 5.43 Å². The van der Waals surface area contributed by atoms with Crippen LogP contribution in [0.4, 0.5) is 11.4 Å². The normalized spacial score (nSPS) is 10.6. The minimum Gasteiger partial charge on any atom is -0.322 e. The minimum atomic E-state index is -0.512. The van der Waals surface area contributed by atoms with E-state index in [0.717, 1.165) is 0 Å². The van der Waals surface area contributed by atoms with Gasteiger partial charge in [0.1, 0.15) is 0 Å². The van der Waals surface area contributed by atoms with Crippen molar-refractivity contribution in [3.05, 3.63) is 105 Å². The van der Waals surface area contributed by atoms with Crippen LogP contribution in [0, 0.1) is 10.1 Å². The van der Waals surface area contributed by atoms with E-state index in [1.54, 1.807) is 42.5 Å². The quantitative estimate of drug-likeness (QED) is 0.351. The summed E-state index contributed by atoms with van der Waals surface area (Å²) in [5, 5.41) is 17.6. The molecule has 3 rings (SSSR count). The van der Waals surface area contributed by atoms with Gasteiger partial charge in [0.15, 0.2) is 0 Å². The van der Waals surface area contributed by atoms with Gasteiger partial charge in [0, 0.05) is 28.9 Å². The summed E-state index contributed by atoms with van der Waals surface area (Å²) in [5.41, 5.74) is 3.91. The number of nitrogens with one attached hydrogen (secondary N) is 2. The zero-order valence-corrected chi connectivity index (χ0v) is 16.2. The molecule has 0 bridgehead atoms. The van der Waals surface area contributed by atoms with E-state index in [9.17, 15) is 19.7 Å². The van der Waals surface area contributed by atoms with Crippen LogP contribution < -0.4 is 10.7 Å². The van der Waals surface area contributed by atoms with Crippen molar-refractivity contribution in [3.63, 3.8) is 0 Å². The van der Waals surface area contributed by atoms with Gasteiger partial charge in [-0.05, 0) is 36.4 Å². The number of hydrazone groups is 1. The molecule has 0 aromatic heterocycles. The van der Waals surface area contributed by atoms with E-state index in [4.69, 9.17) is 11.6 Å². The summed E-state index contributed by atoms with van der Waals surface area (Å²) >= 11 is 6.01. The maximum atomic E-state index is 12.3. The maximum Gasteiger partial charge on any atom is 0.271 e. The number of nitro benzene ring substituents is 1. The Bertz CT molecular complexity index is 1130. The van der Waals surface area contributed by atoms with Crippen molar-refractivity contribution in [3.8, 4) is 0 Å². The number of benzene rings is 3. The van der Waals surface area contributed by atoms with Crippen molar-refractivity contribution in [1.29, 1.82) is 0 Å². The molecule has 2 N–H and O–H groups in total. The molecule has 0 saturated carbocycles. The van der Waals surface area contributed by atoms with Crippen LogP contribution in [0.2, 0.25) is 5.02 Å². The summed E-state index contributed by atoms with van der Waals surface area (Å²) in [6, 6.07) is 18.7. The molecule has 0 fully saturated rings. The van der Waals surface area contributed by atoms with Gasteiger partial charge in [-0.3, -0.25) is 19.7 Å². The first-order valence-electron chi connectivity index (χ1n) is 8.68. The highest BCUT2D eigenvalue weighted by Crippen LogP contribution is 2.17. The number of amides is 2. The highest BCUT2D eigenvalue weighted by molar-refractivity contribution is 6.34. The second-order valence-corrected chi connectivity index (χ2v) is 6.47. The Labute approximate surface area is 176 Å². The van der Waals surface area contributed by atoms with Crippen molar-refractivity contribution in [2.75, 3.05) is 5.32 Å². The summed E-state index contributed by atoms with van der Waals surface area (Å²) in [4.78, 5) is 34.7. The standard InChI is InChI=1S/C21H15ClN4O4/c22-19-7-2-1-6-18(19)21(28)24-16-10-8-15(9-11-16)20(27)25-23-13-14-4-3-5-17(12-14)26(29)30/h1-13H,(H,24,28)(H,25,27). The Balaban J connectivity index is 1.60. The van der Waals surface area contributed by atoms with Gasteiger partial charge in [-0.25, -0.2) is 5.43 Å². The van der Waals surface area contributed by atoms with Gasteiger partial charge in [-0.15, -0.1) is 0 Å². The van der Waals surface area contributed by atoms with Crippen molar-refractivity contribution < 1.29 is 14.5 Å². The summed E-state index contributed by atoms with van der Waals surface area (Å²) < 4.78 is 0. The molecule has 9 heteroatoms. The molecule has 3 aromatic rings. The fourth-order valence-corrected chi connectivity index (χ4v) is 2.72. The third-order valence-corrected chi connectivity index (χ3v) is 4.31. The lowest BCUT2D eigenvalue weighted by Crippen LogP contribution is -2.18. The lowest BCUT2D eigenvalue weighted by molar-refractivity contribution is -0.384. The number of anilines is 1. The molecular formula is C21H15ClN4O4. The second-order valence-electron chi connectivity index (χ2n) is 6.06. The molecule has 0 aliphatic heterocycles. The number of halogens is 1. The molecule has 30 heavy (non-hydrogen) atoms. The highest BCUT2D eigenvalue weighted by atomic mass is 35.5. The molecule has 0 aliphatic carbocycles. The SMILES string of the molecule is O=C(NN=Cc1cccc([N+](=O)[O-])c1)c1ccc(NC(=O)c2ccccc2Cl)cc1. The largest absolute Gasteiger partial charge is 0.322 e. The molecule has 0 spiro atoms. The number of hydrogen-bond donors (Lipinski definition) is 2. The Morgan fingerprint density at radius 1 is 0.967 bits per heavy atom. The number of carbonyl (C=O) groups is 2. The van der Waals surface area contributed by atoms with Crippen LogP contribution >= 0.6 is 11.6 Å². The van der Waals surface area contributed by atoms with E-state index in [2.05, 4.69) is 15.8 Å². The third kappa shape index (κ3) is 5.27. The van der Waals surface area contributed by atoms with Crippen molar-refractivity contribution in [2.24, 2.45) is 5.10 Å². The molecule has 3 aromatic carbocycles. The maximum absolute atomic E-state index is 12.3. The predicted molar refractivity (Wildman–Crippen MR) is 114 cm³/mol. The summed E-state index contributed by atoms with van der Waals surface area (Å²) in [6.45, 7) is 0. The van der Waals surface area contributed by atoms with Crippen LogP contribution in [0.25, 0.3) is 0 Å². The molecule has 0 aliphatic rings. The van der Waals surface area contributed by atoms with Gasteiger partial charge in [-0.2, -0.15) is 5.10 Å². The van der Waals surface area contributed by atoms with Crippen molar-refractivity contribution >= 4 is 41.0 Å². The van der Waals surface area contributed by atoms with Crippen LogP contribution in [-0.2, 0) is 0 Å². The number of non-ortho nitro benzene ring substituents is 1. The van der Waals surface area contributed by atoms with Crippen LogP contribution in [0.15, 0.2) is 77.9 Å². The minimum absolute atomic E-state index is 0.0697. The van der Waals surface area contributed by atoms with E-state index < -0.39 is 10.8 Å². The monoisotopic (exact) mass is 422 g/mol. The van der Waals surface area contributed by atoms with Gasteiger partial charge < -0.3 is 5.32 Å². The van der Waals surface area contributed by atoms with E-state index in [1.165, 1.54) is 36.5 Å². The van der Waals surface area contributed by atoms with Crippen molar-refractivity contribution in [2.45, 2.75) is 0 Å². The number of rotatable bonds is 6. The predicted octanol–water partition coefficient (Wildman–Crippen LogP) is 4.26. The summed E-state index contributed by atoms with van der Waals surface area (Å²) in [7, 11) is 0. The van der Waals surface area contributed by atoms with Crippen LogP contribution in [0.3, 0.4) is 0 Å². The first-order chi connectivity index (χ1) is 14.4. The average Bonchev–Trinajstić information content (AvgIpc) is 2.74. The van der Waals surface area contributed by atoms with E-state index in [-0.39, 0.29) is 11.6 Å². The van der Waals surface area contributed by atoms with Crippen LogP contribution in [-0.4, -0.2) is 23.0 Å². The highest BCUT2D eigenvalue weighted by Gasteiger charge is 2.10. The molecule has 150 valence electrons. The average molecular weight is 423 g/mol. The molecule has 0 saturated heterocycles. The van der Waals surface area contributed by atoms with Gasteiger partial charge in [0.2, 0.25) is 0 Å². The molecule has 0 unspecified atom stereocenters. The topological polar surface area (TPSA) is 114 Å². The Morgan fingerprint density at radius 2 is 1.70 bits per heavy atom. The first kappa shape index (κ1) is 20.7. The van der Waals surface area contributed by atoms with Crippen LogP contribution in [0.1, 0.15) is 26.3 Å².